The van der Waals surface area contributed by atoms with Gasteiger partial charge >= 0.3 is 0 Å². The molecule has 1 saturated carbocycles. The van der Waals surface area contributed by atoms with Crippen LogP contribution in [0.2, 0.25) is 0 Å². The van der Waals surface area contributed by atoms with Crippen LogP contribution in [-0.2, 0) is 0 Å². The summed E-state index contributed by atoms with van der Waals surface area (Å²) in [7, 11) is 1.69. The van der Waals surface area contributed by atoms with Gasteiger partial charge in [-0.2, -0.15) is 0 Å². The molecular weight excluding hydrogens is 206 g/mol. The van der Waals surface area contributed by atoms with Crippen LogP contribution in [-0.4, -0.2) is 19.4 Å². The molecule has 82 valence electrons. The summed E-state index contributed by atoms with van der Waals surface area (Å²) in [5.74, 6) is 2.06. The molecule has 0 spiro atoms. The molecule has 1 aromatic carbocycles. The van der Waals surface area contributed by atoms with Crippen molar-refractivity contribution in [2.24, 2.45) is 11.1 Å². The van der Waals surface area contributed by atoms with Crippen LogP contribution in [0.25, 0.3) is 0 Å². The highest BCUT2D eigenvalue weighted by atomic mass is 32.2. The summed E-state index contributed by atoms with van der Waals surface area (Å²) in [5, 5.41) is 0. The van der Waals surface area contributed by atoms with Gasteiger partial charge in [-0.15, -0.1) is 11.8 Å². The molecular formula is C12H17NOS. The minimum absolute atomic E-state index is 0.449. The van der Waals surface area contributed by atoms with E-state index in [1.807, 2.05) is 23.9 Å². The molecule has 0 radical (unpaired) electrons. The third-order valence-electron chi connectivity index (χ3n) is 2.99. The first-order valence-corrected chi connectivity index (χ1v) is 6.23. The van der Waals surface area contributed by atoms with Crippen molar-refractivity contribution in [3.8, 4) is 5.75 Å². The smallest absolute Gasteiger partial charge is 0.118 e. The normalized spacial score (nSPS) is 17.5. The van der Waals surface area contributed by atoms with Crippen LogP contribution in [0.15, 0.2) is 29.2 Å². The van der Waals surface area contributed by atoms with Gasteiger partial charge in [-0.25, -0.2) is 0 Å². The molecule has 1 aliphatic carbocycles. The second-order valence-electron chi connectivity index (χ2n) is 4.17. The first kappa shape index (κ1) is 10.8. The lowest BCUT2D eigenvalue weighted by atomic mass is 10.1. The molecule has 1 fully saturated rings. The molecule has 0 bridgehead atoms. The molecule has 15 heavy (non-hydrogen) atoms. The Hall–Kier alpha value is -0.670. The van der Waals surface area contributed by atoms with Gasteiger partial charge in [0.25, 0.3) is 0 Å². The van der Waals surface area contributed by atoms with Gasteiger partial charge in [0.2, 0.25) is 0 Å². The molecule has 0 atom stereocenters. The SMILES string of the molecule is COc1ccc(SCC2(CN)CC2)cc1. The zero-order valence-electron chi connectivity index (χ0n) is 9.03. The molecule has 0 amide bonds. The van der Waals surface area contributed by atoms with E-state index in [9.17, 15) is 0 Å². The van der Waals surface area contributed by atoms with Crippen LogP contribution in [0.1, 0.15) is 12.8 Å². The van der Waals surface area contributed by atoms with E-state index in [-0.39, 0.29) is 0 Å². The van der Waals surface area contributed by atoms with Crippen molar-refractivity contribution in [2.75, 3.05) is 19.4 Å². The van der Waals surface area contributed by atoms with Gasteiger partial charge in [-0.1, -0.05) is 0 Å². The van der Waals surface area contributed by atoms with Crippen LogP contribution < -0.4 is 10.5 Å². The van der Waals surface area contributed by atoms with Crippen LogP contribution in [0, 0.1) is 5.41 Å². The average Bonchev–Trinajstić information content (AvgIpc) is 3.08. The Morgan fingerprint density at radius 1 is 1.33 bits per heavy atom. The standard InChI is InChI=1S/C12H17NOS/c1-14-10-2-4-11(5-3-10)15-9-12(8-13)6-7-12/h2-5H,6-9,13H2,1H3. The van der Waals surface area contributed by atoms with Crippen molar-refractivity contribution in [1.29, 1.82) is 0 Å². The Labute approximate surface area is 95.2 Å². The Morgan fingerprint density at radius 3 is 2.47 bits per heavy atom. The second-order valence-corrected chi connectivity index (χ2v) is 5.22. The first-order valence-electron chi connectivity index (χ1n) is 5.25. The molecule has 2 rings (SSSR count). The Bertz CT molecular complexity index is 319. The zero-order valence-corrected chi connectivity index (χ0v) is 9.85. The summed E-state index contributed by atoms with van der Waals surface area (Å²) in [5.41, 5.74) is 6.19. The highest BCUT2D eigenvalue weighted by Crippen LogP contribution is 2.48. The first-order chi connectivity index (χ1) is 7.28. The van der Waals surface area contributed by atoms with Crippen molar-refractivity contribution in [3.05, 3.63) is 24.3 Å². The van der Waals surface area contributed by atoms with E-state index in [0.29, 0.717) is 5.41 Å². The fraction of sp³-hybridized carbons (Fsp3) is 0.500. The van der Waals surface area contributed by atoms with Gasteiger partial charge in [0, 0.05) is 10.6 Å². The number of hydrogen-bond donors (Lipinski definition) is 1. The summed E-state index contributed by atoms with van der Waals surface area (Å²) in [4.78, 5) is 1.30. The van der Waals surface area contributed by atoms with E-state index in [0.717, 1.165) is 18.0 Å². The number of ether oxygens (including phenoxy) is 1. The maximum atomic E-state index is 5.75. The van der Waals surface area contributed by atoms with Crippen molar-refractivity contribution >= 4 is 11.8 Å². The van der Waals surface area contributed by atoms with Gasteiger partial charge in [-0.05, 0) is 49.1 Å². The van der Waals surface area contributed by atoms with E-state index in [2.05, 4.69) is 12.1 Å². The van der Waals surface area contributed by atoms with Gasteiger partial charge in [0.05, 0.1) is 7.11 Å². The highest BCUT2D eigenvalue weighted by Gasteiger charge is 2.40. The average molecular weight is 223 g/mol. The number of nitrogens with two attached hydrogens (primary N) is 1. The minimum atomic E-state index is 0.449. The Balaban J connectivity index is 1.88. The van der Waals surface area contributed by atoms with Gasteiger partial charge in [-0.3, -0.25) is 0 Å². The fourth-order valence-electron chi connectivity index (χ4n) is 1.49. The summed E-state index contributed by atoms with van der Waals surface area (Å²) >= 11 is 1.90. The zero-order chi connectivity index (χ0) is 10.7. The maximum Gasteiger partial charge on any atom is 0.118 e. The molecule has 3 heteroatoms. The number of hydrogen-bond acceptors (Lipinski definition) is 3. The minimum Gasteiger partial charge on any atom is -0.497 e. The van der Waals surface area contributed by atoms with Crippen molar-refractivity contribution in [3.63, 3.8) is 0 Å². The monoisotopic (exact) mass is 223 g/mol. The molecule has 2 N–H and O–H groups in total. The van der Waals surface area contributed by atoms with Crippen LogP contribution in [0.4, 0.5) is 0 Å². The summed E-state index contributed by atoms with van der Waals surface area (Å²) in [6.07, 6.45) is 2.60. The Morgan fingerprint density at radius 2 is 2.00 bits per heavy atom. The number of rotatable bonds is 5. The number of methoxy groups -OCH3 is 1. The van der Waals surface area contributed by atoms with Gasteiger partial charge in [0.15, 0.2) is 0 Å². The molecule has 1 aromatic rings. The van der Waals surface area contributed by atoms with E-state index >= 15 is 0 Å². The third-order valence-corrected chi connectivity index (χ3v) is 4.36. The molecule has 2 nitrogen and oxygen atoms in total. The van der Waals surface area contributed by atoms with Crippen LogP contribution in [0.5, 0.6) is 5.75 Å². The Kier molecular flexibility index (Phi) is 3.22. The van der Waals surface area contributed by atoms with Crippen molar-refractivity contribution in [1.82, 2.24) is 0 Å². The van der Waals surface area contributed by atoms with E-state index in [1.165, 1.54) is 17.7 Å². The predicted molar refractivity (Wildman–Crippen MR) is 64.4 cm³/mol. The topological polar surface area (TPSA) is 35.2 Å². The molecule has 0 heterocycles. The third kappa shape index (κ3) is 2.67. The van der Waals surface area contributed by atoms with Crippen molar-refractivity contribution < 1.29 is 4.74 Å². The molecule has 0 aliphatic heterocycles. The second kappa shape index (κ2) is 4.45. The highest BCUT2D eigenvalue weighted by molar-refractivity contribution is 7.99. The van der Waals surface area contributed by atoms with Crippen LogP contribution >= 0.6 is 11.8 Å². The predicted octanol–water partition coefficient (Wildman–Crippen LogP) is 2.53. The molecule has 0 aromatic heterocycles. The van der Waals surface area contributed by atoms with Gasteiger partial charge in [0.1, 0.15) is 5.75 Å². The molecule has 1 aliphatic rings. The summed E-state index contributed by atoms with van der Waals surface area (Å²) in [6.45, 7) is 0.830. The fourth-order valence-corrected chi connectivity index (χ4v) is 2.70. The van der Waals surface area contributed by atoms with E-state index in [1.54, 1.807) is 7.11 Å². The quantitative estimate of drug-likeness (QED) is 0.779. The lowest BCUT2D eigenvalue weighted by molar-refractivity contribution is 0.414. The van der Waals surface area contributed by atoms with Gasteiger partial charge < -0.3 is 10.5 Å². The largest absolute Gasteiger partial charge is 0.497 e. The lowest BCUT2D eigenvalue weighted by Gasteiger charge is -2.11. The van der Waals surface area contributed by atoms with E-state index < -0.39 is 0 Å². The molecule has 0 unspecified atom stereocenters. The van der Waals surface area contributed by atoms with Crippen LogP contribution in [0.3, 0.4) is 0 Å². The number of thioether (sulfide) groups is 1. The summed E-state index contributed by atoms with van der Waals surface area (Å²) in [6, 6.07) is 8.22. The number of benzene rings is 1. The maximum absolute atomic E-state index is 5.75. The molecule has 0 saturated heterocycles. The van der Waals surface area contributed by atoms with E-state index in [4.69, 9.17) is 10.5 Å². The van der Waals surface area contributed by atoms with Crippen molar-refractivity contribution in [2.45, 2.75) is 17.7 Å². The summed E-state index contributed by atoms with van der Waals surface area (Å²) < 4.78 is 5.12. The lowest BCUT2D eigenvalue weighted by Crippen LogP contribution is -2.17.